The Balaban J connectivity index is 1.68. The maximum atomic E-state index is 13.1. The number of halogens is 2. The van der Waals surface area contributed by atoms with Gasteiger partial charge in [0, 0.05) is 16.5 Å². The van der Waals surface area contributed by atoms with E-state index in [1.807, 2.05) is 61.5 Å². The van der Waals surface area contributed by atoms with E-state index in [4.69, 9.17) is 32.9 Å². The van der Waals surface area contributed by atoms with E-state index < -0.39 is 12.6 Å². The standard InChI is InChI=1S/C25H17Cl2NO3/c1-15-23(25(30)31-14-22(29)17-11-12-19(26)20(27)13-17)18-9-5-6-10-21(18)28-24(15)16-7-3-2-4-8-16/h2-13H,14H2,1H3. The highest BCUT2D eigenvalue weighted by molar-refractivity contribution is 6.42. The van der Waals surface area contributed by atoms with Crippen LogP contribution in [0.2, 0.25) is 10.0 Å². The summed E-state index contributed by atoms with van der Waals surface area (Å²) in [7, 11) is 0. The van der Waals surface area contributed by atoms with E-state index in [0.29, 0.717) is 38.3 Å². The minimum absolute atomic E-state index is 0.266. The lowest BCUT2D eigenvalue weighted by Crippen LogP contribution is -2.16. The highest BCUT2D eigenvalue weighted by Gasteiger charge is 2.21. The van der Waals surface area contributed by atoms with E-state index in [9.17, 15) is 9.59 Å². The van der Waals surface area contributed by atoms with Gasteiger partial charge in [0.2, 0.25) is 0 Å². The fourth-order valence-corrected chi connectivity index (χ4v) is 3.70. The molecule has 4 aromatic rings. The first-order valence-corrected chi connectivity index (χ1v) is 10.3. The number of hydrogen-bond acceptors (Lipinski definition) is 4. The van der Waals surface area contributed by atoms with Crippen LogP contribution in [0.1, 0.15) is 26.3 Å². The van der Waals surface area contributed by atoms with Crippen LogP contribution in [-0.4, -0.2) is 23.3 Å². The molecular formula is C25H17Cl2NO3. The zero-order valence-corrected chi connectivity index (χ0v) is 18.1. The molecule has 0 radical (unpaired) electrons. The summed E-state index contributed by atoms with van der Waals surface area (Å²) < 4.78 is 5.40. The van der Waals surface area contributed by atoms with E-state index in [1.54, 1.807) is 6.07 Å². The van der Waals surface area contributed by atoms with Gasteiger partial charge in [-0.05, 0) is 36.8 Å². The van der Waals surface area contributed by atoms with Crippen molar-refractivity contribution in [2.75, 3.05) is 6.61 Å². The van der Waals surface area contributed by atoms with Gasteiger partial charge in [0.25, 0.3) is 0 Å². The van der Waals surface area contributed by atoms with Crippen molar-refractivity contribution in [3.05, 3.63) is 99.5 Å². The molecule has 0 saturated carbocycles. The van der Waals surface area contributed by atoms with Crippen molar-refractivity contribution in [2.45, 2.75) is 6.92 Å². The molecule has 0 aliphatic carbocycles. The van der Waals surface area contributed by atoms with E-state index in [1.165, 1.54) is 12.1 Å². The fourth-order valence-electron chi connectivity index (χ4n) is 3.40. The summed E-state index contributed by atoms with van der Waals surface area (Å²) in [5.41, 5.74) is 3.68. The first kappa shape index (κ1) is 21.0. The van der Waals surface area contributed by atoms with Crippen LogP contribution in [0.4, 0.5) is 0 Å². The van der Waals surface area contributed by atoms with Crippen LogP contribution >= 0.6 is 23.2 Å². The molecule has 0 fully saturated rings. The Morgan fingerprint density at radius 3 is 2.35 bits per heavy atom. The normalized spacial score (nSPS) is 10.8. The summed E-state index contributed by atoms with van der Waals surface area (Å²) in [5.74, 6) is -0.951. The number of rotatable bonds is 5. The predicted molar refractivity (Wildman–Crippen MR) is 123 cm³/mol. The topological polar surface area (TPSA) is 56.3 Å². The van der Waals surface area contributed by atoms with Crippen LogP contribution in [0.5, 0.6) is 0 Å². The van der Waals surface area contributed by atoms with Gasteiger partial charge in [0.1, 0.15) is 0 Å². The third-order valence-electron chi connectivity index (χ3n) is 4.96. The van der Waals surface area contributed by atoms with Gasteiger partial charge in [-0.2, -0.15) is 0 Å². The third kappa shape index (κ3) is 4.31. The Morgan fingerprint density at radius 2 is 1.61 bits per heavy atom. The summed E-state index contributed by atoms with van der Waals surface area (Å²) in [6.45, 7) is 1.42. The van der Waals surface area contributed by atoms with E-state index in [-0.39, 0.29) is 10.8 Å². The Labute approximate surface area is 189 Å². The molecule has 0 atom stereocenters. The molecule has 0 saturated heterocycles. The zero-order valence-electron chi connectivity index (χ0n) is 16.6. The molecule has 0 amide bonds. The maximum Gasteiger partial charge on any atom is 0.339 e. The lowest BCUT2D eigenvalue weighted by atomic mass is 9.98. The summed E-state index contributed by atoms with van der Waals surface area (Å²) in [6, 6.07) is 21.5. The first-order valence-electron chi connectivity index (χ1n) is 9.56. The van der Waals surface area contributed by atoms with E-state index in [0.717, 1.165) is 5.56 Å². The predicted octanol–water partition coefficient (Wildman–Crippen LogP) is 6.56. The molecule has 0 spiro atoms. The van der Waals surface area contributed by atoms with Crippen LogP contribution < -0.4 is 0 Å². The highest BCUT2D eigenvalue weighted by Crippen LogP contribution is 2.30. The number of carbonyl (C=O) groups is 2. The number of esters is 1. The molecule has 0 bridgehead atoms. The Morgan fingerprint density at radius 1 is 0.903 bits per heavy atom. The maximum absolute atomic E-state index is 13.1. The number of hydrogen-bond donors (Lipinski definition) is 0. The van der Waals surface area contributed by atoms with Crippen LogP contribution in [-0.2, 0) is 4.74 Å². The number of Topliss-reactive ketones (excluding diaryl/α,β-unsaturated/α-hetero) is 1. The molecule has 6 heteroatoms. The molecular weight excluding hydrogens is 433 g/mol. The number of benzene rings is 3. The lowest BCUT2D eigenvalue weighted by Gasteiger charge is -2.14. The average molecular weight is 450 g/mol. The van der Waals surface area contributed by atoms with Crippen molar-refractivity contribution in [2.24, 2.45) is 0 Å². The van der Waals surface area contributed by atoms with Crippen molar-refractivity contribution < 1.29 is 14.3 Å². The molecule has 0 aliphatic rings. The number of ketones is 1. The van der Waals surface area contributed by atoms with Gasteiger partial charge in [-0.15, -0.1) is 0 Å². The molecule has 0 aliphatic heterocycles. The lowest BCUT2D eigenvalue weighted by molar-refractivity contribution is 0.0476. The van der Waals surface area contributed by atoms with Gasteiger partial charge in [0.15, 0.2) is 12.4 Å². The van der Waals surface area contributed by atoms with Crippen LogP contribution in [0.15, 0.2) is 72.8 Å². The van der Waals surface area contributed by atoms with Gasteiger partial charge in [-0.1, -0.05) is 71.7 Å². The van der Waals surface area contributed by atoms with Crippen LogP contribution in [0.3, 0.4) is 0 Å². The molecule has 4 nitrogen and oxygen atoms in total. The number of para-hydroxylation sites is 1. The first-order chi connectivity index (χ1) is 15.0. The molecule has 1 heterocycles. The van der Waals surface area contributed by atoms with Crippen molar-refractivity contribution in [3.63, 3.8) is 0 Å². The van der Waals surface area contributed by atoms with Crippen molar-refractivity contribution >= 4 is 45.9 Å². The quantitative estimate of drug-likeness (QED) is 0.255. The Hall–Kier alpha value is -3.21. The van der Waals surface area contributed by atoms with Gasteiger partial charge in [-0.3, -0.25) is 4.79 Å². The smallest absolute Gasteiger partial charge is 0.339 e. The Kier molecular flexibility index (Phi) is 6.03. The van der Waals surface area contributed by atoms with Crippen LogP contribution in [0, 0.1) is 6.92 Å². The van der Waals surface area contributed by atoms with Crippen molar-refractivity contribution in [3.8, 4) is 11.3 Å². The van der Waals surface area contributed by atoms with Crippen LogP contribution in [0.25, 0.3) is 22.2 Å². The van der Waals surface area contributed by atoms with Gasteiger partial charge >= 0.3 is 5.97 Å². The van der Waals surface area contributed by atoms with E-state index in [2.05, 4.69) is 0 Å². The number of aromatic nitrogens is 1. The number of fused-ring (bicyclic) bond motifs is 1. The van der Waals surface area contributed by atoms with E-state index >= 15 is 0 Å². The molecule has 31 heavy (non-hydrogen) atoms. The Bertz CT molecular complexity index is 1300. The second-order valence-corrected chi connectivity index (χ2v) is 7.79. The summed E-state index contributed by atoms with van der Waals surface area (Å²) in [4.78, 5) is 30.3. The molecule has 1 aromatic heterocycles. The molecule has 0 N–H and O–H groups in total. The number of nitrogens with zero attached hydrogens (tertiary/aromatic N) is 1. The molecule has 0 unspecified atom stereocenters. The summed E-state index contributed by atoms with van der Waals surface area (Å²) >= 11 is 11.9. The third-order valence-corrected chi connectivity index (χ3v) is 5.70. The summed E-state index contributed by atoms with van der Waals surface area (Å²) in [5, 5.41) is 1.29. The molecule has 154 valence electrons. The largest absolute Gasteiger partial charge is 0.454 e. The number of pyridine rings is 1. The highest BCUT2D eigenvalue weighted by atomic mass is 35.5. The molecule has 3 aromatic carbocycles. The average Bonchev–Trinajstić information content (AvgIpc) is 2.79. The minimum Gasteiger partial charge on any atom is -0.454 e. The second kappa shape index (κ2) is 8.88. The zero-order chi connectivity index (χ0) is 22.0. The fraction of sp³-hybridized carbons (Fsp3) is 0.0800. The summed E-state index contributed by atoms with van der Waals surface area (Å²) in [6.07, 6.45) is 0. The van der Waals surface area contributed by atoms with Gasteiger partial charge < -0.3 is 4.74 Å². The van der Waals surface area contributed by atoms with Gasteiger partial charge in [0.05, 0.1) is 26.8 Å². The minimum atomic E-state index is -0.582. The van der Waals surface area contributed by atoms with Crippen molar-refractivity contribution in [1.82, 2.24) is 4.98 Å². The van der Waals surface area contributed by atoms with Gasteiger partial charge in [-0.25, -0.2) is 9.78 Å². The number of carbonyl (C=O) groups excluding carboxylic acids is 2. The monoisotopic (exact) mass is 449 g/mol. The van der Waals surface area contributed by atoms with Crippen molar-refractivity contribution in [1.29, 1.82) is 0 Å². The molecule has 4 rings (SSSR count). The second-order valence-electron chi connectivity index (χ2n) is 6.97. The SMILES string of the molecule is Cc1c(-c2ccccc2)nc2ccccc2c1C(=O)OCC(=O)c1ccc(Cl)c(Cl)c1. The number of ether oxygens (including phenoxy) is 1.